The minimum Gasteiger partial charge on any atom is -0.198 e. The van der Waals surface area contributed by atoms with Crippen molar-refractivity contribution in [3.05, 3.63) is 52.4 Å². The summed E-state index contributed by atoms with van der Waals surface area (Å²) in [6.07, 6.45) is 4.66. The third kappa shape index (κ3) is 6.20. The van der Waals surface area contributed by atoms with Crippen molar-refractivity contribution in [1.29, 1.82) is 5.26 Å². The normalized spacial score (nSPS) is 15.6. The third-order valence-electron chi connectivity index (χ3n) is 2.98. The van der Waals surface area contributed by atoms with E-state index in [0.717, 1.165) is 27.4 Å². The molecule has 2 N–H and O–H groups in total. The number of nitrogens with two attached hydrogens (primary N) is 1. The van der Waals surface area contributed by atoms with Crippen LogP contribution < -0.4 is 5.90 Å². The number of nitriles is 1. The van der Waals surface area contributed by atoms with Gasteiger partial charge in [0.15, 0.2) is 0 Å². The SMILES string of the molecule is CCCS(=O)(=O)ON.Cc1ccccc1/C(C#N)=C1/C=CCS1. The molecule has 1 heterocycles. The predicted octanol–water partition coefficient (Wildman–Crippen LogP) is 3.15. The smallest absolute Gasteiger partial charge is 0.198 e. The van der Waals surface area contributed by atoms with Crippen LogP contribution in [0, 0.1) is 18.3 Å². The van der Waals surface area contributed by atoms with Crippen LogP contribution in [0.3, 0.4) is 0 Å². The van der Waals surface area contributed by atoms with Gasteiger partial charge in [0.1, 0.15) is 6.07 Å². The largest absolute Gasteiger partial charge is 0.282 e. The van der Waals surface area contributed by atoms with E-state index < -0.39 is 10.1 Å². The first-order chi connectivity index (χ1) is 10.9. The van der Waals surface area contributed by atoms with Gasteiger partial charge in [-0.3, -0.25) is 0 Å². The van der Waals surface area contributed by atoms with Gasteiger partial charge in [0.05, 0.1) is 11.3 Å². The van der Waals surface area contributed by atoms with Crippen molar-refractivity contribution in [3.63, 3.8) is 0 Å². The van der Waals surface area contributed by atoms with E-state index in [1.165, 1.54) is 0 Å². The van der Waals surface area contributed by atoms with E-state index >= 15 is 0 Å². The number of hydrogen-bond acceptors (Lipinski definition) is 6. The molecule has 0 amide bonds. The molecule has 1 aromatic carbocycles. The Morgan fingerprint density at radius 1 is 1.43 bits per heavy atom. The van der Waals surface area contributed by atoms with Crippen molar-refractivity contribution in [2.24, 2.45) is 5.90 Å². The van der Waals surface area contributed by atoms with Crippen LogP contribution in [0.2, 0.25) is 0 Å². The fourth-order valence-electron chi connectivity index (χ4n) is 1.90. The zero-order chi connectivity index (χ0) is 17.3. The van der Waals surface area contributed by atoms with Gasteiger partial charge >= 0.3 is 0 Å². The van der Waals surface area contributed by atoms with E-state index in [2.05, 4.69) is 22.3 Å². The van der Waals surface area contributed by atoms with Crippen molar-refractivity contribution >= 4 is 27.5 Å². The summed E-state index contributed by atoms with van der Waals surface area (Å²) in [5, 5.41) is 9.21. The number of thioether (sulfide) groups is 1. The second kappa shape index (κ2) is 9.53. The van der Waals surface area contributed by atoms with Gasteiger partial charge in [0, 0.05) is 10.7 Å². The molecule has 0 atom stereocenters. The monoisotopic (exact) mass is 352 g/mol. The number of nitrogens with zero attached hydrogens (tertiary/aromatic N) is 1. The fourth-order valence-corrected chi connectivity index (χ4v) is 3.36. The van der Waals surface area contributed by atoms with Crippen LogP contribution in [0.25, 0.3) is 5.57 Å². The van der Waals surface area contributed by atoms with Crippen molar-refractivity contribution in [2.75, 3.05) is 11.5 Å². The third-order valence-corrected chi connectivity index (χ3v) is 5.19. The number of hydrogen-bond donors (Lipinski definition) is 1. The highest BCUT2D eigenvalue weighted by Gasteiger charge is 2.11. The molecule has 5 nitrogen and oxygen atoms in total. The van der Waals surface area contributed by atoms with Crippen LogP contribution >= 0.6 is 11.8 Å². The van der Waals surface area contributed by atoms with Crippen LogP contribution in [0.5, 0.6) is 0 Å². The topological polar surface area (TPSA) is 93.2 Å². The molecular formula is C16H20N2O3S2. The van der Waals surface area contributed by atoms with Gasteiger partial charge in [0.25, 0.3) is 10.1 Å². The minimum absolute atomic E-state index is 0.0104. The number of aryl methyl sites for hydroxylation is 1. The molecule has 1 aliphatic heterocycles. The molecule has 23 heavy (non-hydrogen) atoms. The summed E-state index contributed by atoms with van der Waals surface area (Å²) in [6.45, 7) is 3.77. The summed E-state index contributed by atoms with van der Waals surface area (Å²) < 4.78 is 24.2. The van der Waals surface area contributed by atoms with E-state index in [9.17, 15) is 13.7 Å². The summed E-state index contributed by atoms with van der Waals surface area (Å²) in [6, 6.07) is 10.3. The predicted molar refractivity (Wildman–Crippen MR) is 94.7 cm³/mol. The van der Waals surface area contributed by atoms with E-state index in [1.807, 2.05) is 37.3 Å². The molecule has 0 aromatic heterocycles. The Morgan fingerprint density at radius 2 is 2.13 bits per heavy atom. The number of rotatable bonds is 4. The first-order valence-electron chi connectivity index (χ1n) is 7.06. The standard InChI is InChI=1S/C13H11NS.C3H9NO3S/c1-10-5-2-3-6-11(10)12(9-14)13-7-4-8-15-13;1-2-3-8(5,6)7-4/h2-7H,8H2,1H3;2-4H2,1H3/b13-12-;. The van der Waals surface area contributed by atoms with Crippen LogP contribution in [0.4, 0.5) is 0 Å². The van der Waals surface area contributed by atoms with Crippen LogP contribution in [0.15, 0.2) is 41.3 Å². The maximum absolute atomic E-state index is 10.3. The molecule has 0 spiro atoms. The van der Waals surface area contributed by atoms with E-state index in [4.69, 9.17) is 0 Å². The Bertz CT molecular complexity index is 732. The lowest BCUT2D eigenvalue weighted by Crippen LogP contribution is -2.13. The second-order valence-corrected chi connectivity index (χ2v) is 7.52. The highest BCUT2D eigenvalue weighted by Crippen LogP contribution is 2.32. The Balaban J connectivity index is 0.000000284. The fraction of sp³-hybridized carbons (Fsp3) is 0.312. The Labute approximate surface area is 141 Å². The molecule has 0 fully saturated rings. The van der Waals surface area contributed by atoms with Gasteiger partial charge in [-0.25, -0.2) is 0 Å². The van der Waals surface area contributed by atoms with Crippen LogP contribution in [-0.2, 0) is 14.4 Å². The lowest BCUT2D eigenvalue weighted by atomic mass is 10.0. The van der Waals surface area contributed by atoms with Crippen molar-refractivity contribution in [3.8, 4) is 6.07 Å². The highest BCUT2D eigenvalue weighted by atomic mass is 32.2. The molecule has 1 aliphatic rings. The van der Waals surface area contributed by atoms with Crippen molar-refractivity contribution in [2.45, 2.75) is 20.3 Å². The Morgan fingerprint density at radius 3 is 2.57 bits per heavy atom. The maximum atomic E-state index is 10.3. The Kier molecular flexibility index (Phi) is 8.06. The number of allylic oxidation sites excluding steroid dienone is 2. The summed E-state index contributed by atoms with van der Waals surface area (Å²) in [5.41, 5.74) is 3.00. The van der Waals surface area contributed by atoms with Gasteiger partial charge in [-0.15, -0.1) is 11.8 Å². The summed E-state index contributed by atoms with van der Waals surface area (Å²) in [4.78, 5) is 1.09. The van der Waals surface area contributed by atoms with Crippen molar-refractivity contribution < 1.29 is 12.7 Å². The zero-order valence-corrected chi connectivity index (χ0v) is 14.8. The van der Waals surface area contributed by atoms with Crippen LogP contribution in [0.1, 0.15) is 24.5 Å². The first-order valence-corrected chi connectivity index (χ1v) is 9.62. The maximum Gasteiger partial charge on any atom is 0.282 e. The van der Waals surface area contributed by atoms with E-state index in [-0.39, 0.29) is 5.75 Å². The summed E-state index contributed by atoms with van der Waals surface area (Å²) >= 11 is 1.72. The van der Waals surface area contributed by atoms with Crippen LogP contribution in [-0.4, -0.2) is 19.9 Å². The first kappa shape index (κ1) is 19.5. The van der Waals surface area contributed by atoms with E-state index in [0.29, 0.717) is 6.42 Å². The molecule has 0 saturated carbocycles. The molecule has 7 heteroatoms. The van der Waals surface area contributed by atoms with Gasteiger partial charge < -0.3 is 0 Å². The molecule has 1 aromatic rings. The molecule has 2 rings (SSSR count). The molecule has 124 valence electrons. The summed E-state index contributed by atoms with van der Waals surface area (Å²) in [5.74, 6) is 5.37. The number of benzene rings is 1. The average Bonchev–Trinajstić information content (AvgIpc) is 3.05. The average molecular weight is 352 g/mol. The zero-order valence-electron chi connectivity index (χ0n) is 13.2. The molecule has 0 radical (unpaired) electrons. The van der Waals surface area contributed by atoms with Gasteiger partial charge in [-0.1, -0.05) is 43.3 Å². The van der Waals surface area contributed by atoms with Crippen molar-refractivity contribution in [1.82, 2.24) is 0 Å². The summed E-state index contributed by atoms with van der Waals surface area (Å²) in [7, 11) is -3.39. The molecule has 0 saturated heterocycles. The van der Waals surface area contributed by atoms with E-state index in [1.54, 1.807) is 18.7 Å². The van der Waals surface area contributed by atoms with Gasteiger partial charge in [0.2, 0.25) is 0 Å². The molecule has 0 bridgehead atoms. The van der Waals surface area contributed by atoms with Gasteiger partial charge in [-0.05, 0) is 24.5 Å². The quantitative estimate of drug-likeness (QED) is 0.661. The molecule has 0 aliphatic carbocycles. The lowest BCUT2D eigenvalue weighted by Gasteiger charge is -2.05. The second-order valence-electron chi connectivity index (χ2n) is 4.74. The molecular weight excluding hydrogens is 332 g/mol. The minimum atomic E-state index is -3.39. The molecule has 0 unspecified atom stereocenters. The Hall–Kier alpha value is -1.59. The van der Waals surface area contributed by atoms with Gasteiger partial charge in [-0.2, -0.15) is 23.9 Å². The highest BCUT2D eigenvalue weighted by molar-refractivity contribution is 8.03. The lowest BCUT2D eigenvalue weighted by molar-refractivity contribution is 0.332.